The fourth-order valence-corrected chi connectivity index (χ4v) is 12.1. The van der Waals surface area contributed by atoms with Gasteiger partial charge >= 0.3 is 5.97 Å². The van der Waals surface area contributed by atoms with Gasteiger partial charge in [0.2, 0.25) is 0 Å². The number of carboxylic acids is 1. The Kier molecular flexibility index (Phi) is 11.4. The van der Waals surface area contributed by atoms with E-state index in [4.69, 9.17) is 0 Å². The van der Waals surface area contributed by atoms with Gasteiger partial charge in [-0.3, -0.25) is 9.59 Å². The molecule has 8 nitrogen and oxygen atoms in total. The minimum Gasteiger partial charge on any atom is -0.478 e. The molecule has 5 aromatic rings. The zero-order valence-corrected chi connectivity index (χ0v) is 37.6. The van der Waals surface area contributed by atoms with Crippen LogP contribution in [-0.4, -0.2) is 53.6 Å². The summed E-state index contributed by atoms with van der Waals surface area (Å²) in [4.78, 5) is 48.0. The Labute approximate surface area is 377 Å². The predicted molar refractivity (Wildman–Crippen MR) is 257 cm³/mol. The average Bonchev–Trinajstić information content (AvgIpc) is 3.79. The van der Waals surface area contributed by atoms with Gasteiger partial charge < -0.3 is 19.5 Å². The van der Waals surface area contributed by atoms with Crippen molar-refractivity contribution in [1.82, 2.24) is 4.57 Å². The Bertz CT molecular complexity index is 2610. The number of piperazine rings is 1. The maximum atomic E-state index is 14.8. The molecule has 328 valence electrons. The van der Waals surface area contributed by atoms with Gasteiger partial charge in [-0.25, -0.2) is 9.69 Å². The monoisotopic (exact) mass is 852 g/mol. The number of aromatic carboxylic acids is 1. The molecule has 2 aliphatic heterocycles. The lowest BCUT2D eigenvalue weighted by molar-refractivity contribution is -0.119. The molecule has 8 heteroatoms. The first-order chi connectivity index (χ1) is 31.1. The van der Waals surface area contributed by atoms with E-state index in [2.05, 4.69) is 89.0 Å². The van der Waals surface area contributed by atoms with Gasteiger partial charge in [0.1, 0.15) is 0 Å². The summed E-state index contributed by atoms with van der Waals surface area (Å²) in [6.45, 7) is 8.02. The van der Waals surface area contributed by atoms with E-state index >= 15 is 0 Å². The number of carbonyl (C=O) groups excluding carboxylic acids is 2. The maximum Gasteiger partial charge on any atom is 0.336 e. The third-order valence-corrected chi connectivity index (χ3v) is 15.0. The first kappa shape index (κ1) is 41.8. The lowest BCUT2D eigenvalue weighted by Gasteiger charge is -2.52. The molecule has 6 aliphatic rings. The molecule has 4 aromatic carbocycles. The summed E-state index contributed by atoms with van der Waals surface area (Å²) < 4.78 is 2.10. The van der Waals surface area contributed by atoms with E-state index in [0.29, 0.717) is 40.7 Å². The topological polar surface area (TPSA) is 86.1 Å². The van der Waals surface area contributed by atoms with E-state index in [1.54, 1.807) is 6.07 Å². The quantitative estimate of drug-likeness (QED) is 0.0994. The van der Waals surface area contributed by atoms with Crippen molar-refractivity contribution < 1.29 is 19.5 Å². The van der Waals surface area contributed by atoms with Crippen LogP contribution in [0.15, 0.2) is 126 Å². The van der Waals surface area contributed by atoms with Crippen LogP contribution in [0.25, 0.3) is 22.4 Å². The molecule has 0 atom stereocenters. The van der Waals surface area contributed by atoms with Crippen LogP contribution >= 0.6 is 0 Å². The third kappa shape index (κ3) is 7.90. The van der Waals surface area contributed by atoms with Gasteiger partial charge in [-0.15, -0.1) is 0 Å². The summed E-state index contributed by atoms with van der Waals surface area (Å²) in [5.41, 5.74) is 13.0. The summed E-state index contributed by atoms with van der Waals surface area (Å²) in [7, 11) is 2.03. The molecular weight excluding hydrogens is 793 g/mol. The Morgan fingerprint density at radius 1 is 0.641 bits per heavy atom. The van der Waals surface area contributed by atoms with Crippen molar-refractivity contribution in [3.8, 4) is 22.4 Å². The maximum absolute atomic E-state index is 14.8. The first-order valence-electron chi connectivity index (χ1n) is 23.8. The summed E-state index contributed by atoms with van der Waals surface area (Å²) >= 11 is 0. The predicted octanol–water partition coefficient (Wildman–Crippen LogP) is 11.1. The fraction of sp³-hybridized carbons (Fsp3) is 0.375. The Hall–Kier alpha value is -6.15. The number of carboxylic acid groups (broad SMARTS) is 1. The van der Waals surface area contributed by atoms with E-state index in [1.165, 1.54) is 28.1 Å². The summed E-state index contributed by atoms with van der Waals surface area (Å²) in [6, 6.07) is 33.0. The highest BCUT2D eigenvalue weighted by Crippen LogP contribution is 2.58. The molecule has 0 radical (unpaired) electrons. The van der Waals surface area contributed by atoms with Crippen molar-refractivity contribution in [3.05, 3.63) is 148 Å². The SMILES string of the molecule is CCCc1ccc(N2CCN(c3ccc(N4C(=O)C(=CCc5cc(-c6ccc(-c7cc(CCC)ccc7C(=O)O)cc6)n(C)c5)C(=C5C6CC7CC(C6)CC5C7)C4=O)cc3)CC2)cc1. The van der Waals surface area contributed by atoms with E-state index in [0.717, 1.165) is 129 Å². The number of imide groups is 1. The van der Waals surface area contributed by atoms with Crippen molar-refractivity contribution in [3.63, 3.8) is 0 Å². The molecule has 2 saturated heterocycles. The van der Waals surface area contributed by atoms with Crippen LogP contribution in [0.3, 0.4) is 0 Å². The van der Waals surface area contributed by atoms with Crippen LogP contribution in [-0.2, 0) is 35.9 Å². The lowest BCUT2D eigenvalue weighted by Crippen LogP contribution is -2.46. The van der Waals surface area contributed by atoms with Crippen molar-refractivity contribution in [1.29, 1.82) is 0 Å². The molecule has 4 saturated carbocycles. The number of carbonyl (C=O) groups is 3. The highest BCUT2D eigenvalue weighted by atomic mass is 16.4. The summed E-state index contributed by atoms with van der Waals surface area (Å²) in [5.74, 6) is 0.936. The molecule has 0 spiro atoms. The van der Waals surface area contributed by atoms with Crippen LogP contribution in [0.1, 0.15) is 85.8 Å². The molecule has 2 amide bonds. The average molecular weight is 853 g/mol. The molecule has 64 heavy (non-hydrogen) atoms. The minimum absolute atomic E-state index is 0.162. The molecule has 6 fully saturated rings. The third-order valence-electron chi connectivity index (χ3n) is 15.0. The number of nitrogens with zero attached hydrogens (tertiary/aromatic N) is 4. The molecule has 1 N–H and O–H groups in total. The van der Waals surface area contributed by atoms with Crippen LogP contribution in [0.2, 0.25) is 0 Å². The Balaban J connectivity index is 0.896. The van der Waals surface area contributed by atoms with Crippen molar-refractivity contribution in [2.24, 2.45) is 30.7 Å². The highest BCUT2D eigenvalue weighted by Gasteiger charge is 2.50. The van der Waals surface area contributed by atoms with Crippen molar-refractivity contribution >= 4 is 34.8 Å². The van der Waals surface area contributed by atoms with Gasteiger partial charge in [-0.2, -0.15) is 0 Å². The summed E-state index contributed by atoms with van der Waals surface area (Å²) in [6.07, 6.45) is 14.7. The largest absolute Gasteiger partial charge is 0.478 e. The smallest absolute Gasteiger partial charge is 0.336 e. The second-order valence-electron chi connectivity index (χ2n) is 19.2. The molecule has 4 bridgehead atoms. The van der Waals surface area contributed by atoms with E-state index in [1.807, 2.05) is 49.5 Å². The molecule has 1 aromatic heterocycles. The number of hydrogen-bond donors (Lipinski definition) is 1. The standard InChI is InChI=1S/C56H60N4O4/c1-4-6-36-8-16-45(17-9-36)58-24-26-59(27-25-58)46-18-20-47(21-19-46)60-54(61)49(53(55(60)62)52-43-29-39-28-40(31-43)32-44(52)30-39)23-11-38-34-51(57(3)35-38)42-14-12-41(13-15-42)50-33-37(7-5-2)10-22-48(50)56(63)64/h8-10,12-23,33-35,39-40,43-44H,4-7,11,24-32H2,1-3H3,(H,63,64). The number of hydrogen-bond acceptors (Lipinski definition) is 5. The minimum atomic E-state index is -0.932. The normalized spacial score (nSPS) is 22.4. The lowest BCUT2D eigenvalue weighted by atomic mass is 9.53. The van der Waals surface area contributed by atoms with Gasteiger partial charge in [-0.05, 0) is 157 Å². The number of benzene rings is 4. The second kappa shape index (κ2) is 17.4. The van der Waals surface area contributed by atoms with Crippen LogP contribution in [0.4, 0.5) is 17.1 Å². The van der Waals surface area contributed by atoms with Gasteiger partial charge in [0.15, 0.2) is 0 Å². The van der Waals surface area contributed by atoms with E-state index in [-0.39, 0.29) is 11.8 Å². The molecule has 11 rings (SSSR count). The number of amides is 2. The molecular formula is C56H60N4O4. The van der Waals surface area contributed by atoms with Crippen LogP contribution in [0.5, 0.6) is 0 Å². The molecule has 0 unspecified atom stereocenters. The molecule has 4 aliphatic carbocycles. The number of rotatable bonds is 12. The molecule has 3 heterocycles. The highest BCUT2D eigenvalue weighted by molar-refractivity contribution is 6.37. The number of aromatic nitrogens is 1. The summed E-state index contributed by atoms with van der Waals surface area (Å²) in [5, 5.41) is 9.95. The van der Waals surface area contributed by atoms with Crippen molar-refractivity contribution in [2.45, 2.75) is 78.1 Å². The Morgan fingerprint density at radius 3 is 1.78 bits per heavy atom. The van der Waals surface area contributed by atoms with Crippen LogP contribution in [0, 0.1) is 23.7 Å². The van der Waals surface area contributed by atoms with Gasteiger partial charge in [0, 0.05) is 62.1 Å². The zero-order valence-electron chi connectivity index (χ0n) is 37.6. The van der Waals surface area contributed by atoms with Gasteiger partial charge in [0.05, 0.1) is 16.8 Å². The number of aryl methyl sites for hydroxylation is 3. The fourth-order valence-electron chi connectivity index (χ4n) is 12.1. The number of allylic oxidation sites excluding steroid dienone is 2. The van der Waals surface area contributed by atoms with E-state index < -0.39 is 5.97 Å². The van der Waals surface area contributed by atoms with Crippen molar-refractivity contribution in [2.75, 3.05) is 40.9 Å². The zero-order chi connectivity index (χ0) is 44.1. The van der Waals surface area contributed by atoms with Gasteiger partial charge in [0.25, 0.3) is 11.8 Å². The first-order valence-corrected chi connectivity index (χ1v) is 23.8. The second-order valence-corrected chi connectivity index (χ2v) is 19.2. The Morgan fingerprint density at radius 2 is 1.19 bits per heavy atom. The van der Waals surface area contributed by atoms with Crippen LogP contribution < -0.4 is 14.7 Å². The van der Waals surface area contributed by atoms with Gasteiger partial charge in [-0.1, -0.05) is 86.9 Å². The number of anilines is 3. The van der Waals surface area contributed by atoms with E-state index in [9.17, 15) is 19.5 Å².